The van der Waals surface area contributed by atoms with Crippen molar-refractivity contribution in [3.05, 3.63) is 84.3 Å². The Balaban J connectivity index is 2.16. The quantitative estimate of drug-likeness (QED) is 0.467. The van der Waals surface area contributed by atoms with Crippen molar-refractivity contribution in [1.82, 2.24) is 0 Å². The molecule has 23 heavy (non-hydrogen) atoms. The molecule has 0 fully saturated rings. The lowest BCUT2D eigenvalue weighted by molar-refractivity contribution is -0.333. The van der Waals surface area contributed by atoms with Crippen molar-refractivity contribution in [2.75, 3.05) is 0 Å². The minimum absolute atomic E-state index is 0.981. The van der Waals surface area contributed by atoms with E-state index < -0.39 is 7.05 Å². The maximum atomic E-state index is 6.31. The number of hydrogen-bond donors (Lipinski definition) is 0. The smallest absolute Gasteiger partial charge is 0.441 e. The number of benzene rings is 2. The Labute approximate surface area is 137 Å². The Morgan fingerprint density at radius 1 is 1.26 bits per heavy atom. The van der Waals surface area contributed by atoms with Crippen molar-refractivity contribution >= 4 is 24.0 Å². The van der Waals surface area contributed by atoms with E-state index in [0.29, 0.717) is 0 Å². The fraction of sp³-hybridized carbons (Fsp3) is 0.100. The zero-order valence-corrected chi connectivity index (χ0v) is 13.6. The molecule has 1 atom stereocenters. The number of rotatable bonds is 3. The summed E-state index contributed by atoms with van der Waals surface area (Å²) in [4.78, 5) is 0. The van der Waals surface area contributed by atoms with Crippen molar-refractivity contribution < 1.29 is 9.14 Å². The van der Waals surface area contributed by atoms with E-state index in [0.717, 1.165) is 17.0 Å². The van der Waals surface area contributed by atoms with Gasteiger partial charge in [-0.05, 0) is 18.4 Å². The lowest BCUT2D eigenvalue weighted by Crippen LogP contribution is -2.37. The molecule has 0 spiro atoms. The zero-order chi connectivity index (χ0) is 16.2. The molecule has 2 aromatic carbocycles. The van der Waals surface area contributed by atoms with E-state index in [2.05, 4.69) is 66.2 Å². The molecule has 2 nitrogen and oxygen atoms in total. The van der Waals surface area contributed by atoms with Crippen LogP contribution in [0.3, 0.4) is 0 Å². The number of fused-ring (bicyclic) bond motifs is 3. The molecule has 1 unspecified atom stereocenters. The van der Waals surface area contributed by atoms with E-state index in [9.17, 15) is 0 Å². The minimum Gasteiger partial charge on any atom is -0.660 e. The topological polar surface area (TPSA) is 12.2 Å². The van der Waals surface area contributed by atoms with Gasteiger partial charge in [-0.25, -0.2) is 0 Å². The van der Waals surface area contributed by atoms with Gasteiger partial charge in [0.25, 0.3) is 0 Å². The summed E-state index contributed by atoms with van der Waals surface area (Å²) in [6, 6.07) is 12.6. The fourth-order valence-electron chi connectivity index (χ4n) is 2.96. The van der Waals surface area contributed by atoms with Gasteiger partial charge in [-0.15, -0.1) is 5.73 Å². The Morgan fingerprint density at radius 3 is 2.87 bits per heavy atom. The summed E-state index contributed by atoms with van der Waals surface area (Å²) in [5, 5.41) is 2.37. The third-order valence-electron chi connectivity index (χ3n) is 4.08. The summed E-state index contributed by atoms with van der Waals surface area (Å²) in [7, 11) is -1.01. The predicted molar refractivity (Wildman–Crippen MR) is 99.6 cm³/mol. The van der Waals surface area contributed by atoms with Gasteiger partial charge >= 0.3 is 7.05 Å². The van der Waals surface area contributed by atoms with Crippen molar-refractivity contribution in [1.29, 1.82) is 0 Å². The Hall–Kier alpha value is -2.77. The monoisotopic (exact) mass is 301 g/mol. The molecule has 0 radical (unpaired) electrons. The second-order valence-electron chi connectivity index (χ2n) is 5.65. The van der Waals surface area contributed by atoms with Crippen LogP contribution >= 0.6 is 0 Å². The first-order valence-electron chi connectivity index (χ1n) is 7.99. The molecular formula is C20H20BNO. The third-order valence-corrected chi connectivity index (χ3v) is 4.08. The lowest BCUT2D eigenvalue weighted by atomic mass is 9.82. The Kier molecular flexibility index (Phi) is 4.32. The first kappa shape index (κ1) is 15.1. The van der Waals surface area contributed by atoms with Crippen LogP contribution in [0, 0.1) is 0 Å². The number of allylic oxidation sites excluding steroid dienone is 4. The van der Waals surface area contributed by atoms with Crippen molar-refractivity contribution in [2.24, 2.45) is 0 Å². The van der Waals surface area contributed by atoms with Crippen LogP contribution in [0.25, 0.3) is 10.8 Å². The van der Waals surface area contributed by atoms with Gasteiger partial charge in [-0.1, -0.05) is 55.9 Å². The summed E-state index contributed by atoms with van der Waals surface area (Å²) in [6.45, 7) is 7.82. The van der Waals surface area contributed by atoms with Crippen LogP contribution < -0.4 is 4.65 Å². The zero-order valence-electron chi connectivity index (χ0n) is 13.6. The second-order valence-corrected chi connectivity index (χ2v) is 5.65. The van der Waals surface area contributed by atoms with Crippen LogP contribution in [0.15, 0.2) is 78.7 Å². The SMILES string of the molecule is C=C=C/C(=C\C=C/C)[N+]1=Cc2ccc3ccccc3c2O[BH-]1C. The molecule has 2 aromatic rings. The van der Waals surface area contributed by atoms with Crippen LogP contribution in [0.1, 0.15) is 12.5 Å². The van der Waals surface area contributed by atoms with Gasteiger partial charge in [0.2, 0.25) is 0 Å². The van der Waals surface area contributed by atoms with E-state index in [4.69, 9.17) is 4.65 Å². The number of nitrogens with zero attached hydrogens (tertiary/aromatic N) is 1. The summed E-state index contributed by atoms with van der Waals surface area (Å²) in [5.41, 5.74) is 4.99. The van der Waals surface area contributed by atoms with Gasteiger partial charge in [0, 0.05) is 17.5 Å². The summed E-state index contributed by atoms with van der Waals surface area (Å²) in [6.07, 6.45) is 10.1. The second kappa shape index (κ2) is 6.56. The largest absolute Gasteiger partial charge is 0.660 e. The normalized spacial score (nSPS) is 17.4. The molecule has 0 aliphatic carbocycles. The van der Waals surface area contributed by atoms with Gasteiger partial charge in [-0.3, -0.25) is 0 Å². The van der Waals surface area contributed by atoms with Gasteiger partial charge in [0.1, 0.15) is 6.21 Å². The molecule has 0 amide bonds. The average Bonchev–Trinajstić information content (AvgIpc) is 2.58. The molecule has 0 saturated carbocycles. The van der Waals surface area contributed by atoms with Crippen LogP contribution in [-0.2, 0) is 0 Å². The Bertz CT molecular complexity index is 886. The molecule has 0 aromatic heterocycles. The molecule has 3 heteroatoms. The van der Waals surface area contributed by atoms with Crippen molar-refractivity contribution in [3.8, 4) is 5.75 Å². The molecule has 1 aliphatic heterocycles. The minimum atomic E-state index is -1.01. The highest BCUT2D eigenvalue weighted by Crippen LogP contribution is 2.31. The highest BCUT2D eigenvalue weighted by molar-refractivity contribution is 6.44. The third kappa shape index (κ3) is 2.92. The molecule has 0 bridgehead atoms. The molecular weight excluding hydrogens is 281 g/mol. The fourth-order valence-corrected chi connectivity index (χ4v) is 2.96. The lowest BCUT2D eigenvalue weighted by Gasteiger charge is -2.28. The van der Waals surface area contributed by atoms with E-state index in [-0.39, 0.29) is 0 Å². The molecule has 1 heterocycles. The molecule has 3 rings (SSSR count). The van der Waals surface area contributed by atoms with Crippen LogP contribution in [0.2, 0.25) is 6.82 Å². The summed E-state index contributed by atoms with van der Waals surface area (Å²) >= 11 is 0. The first-order chi connectivity index (χ1) is 11.2. The van der Waals surface area contributed by atoms with Crippen molar-refractivity contribution in [2.45, 2.75) is 13.7 Å². The molecule has 0 N–H and O–H groups in total. The average molecular weight is 301 g/mol. The highest BCUT2D eigenvalue weighted by Gasteiger charge is 2.24. The maximum absolute atomic E-state index is 6.31. The molecule has 114 valence electrons. The van der Waals surface area contributed by atoms with Crippen molar-refractivity contribution in [3.63, 3.8) is 0 Å². The molecule has 0 saturated heterocycles. The van der Waals surface area contributed by atoms with Gasteiger partial charge < -0.3 is 9.14 Å². The van der Waals surface area contributed by atoms with Gasteiger partial charge in [0.15, 0.2) is 5.70 Å². The van der Waals surface area contributed by atoms with E-state index in [1.807, 2.05) is 31.2 Å². The van der Waals surface area contributed by atoms with Crippen LogP contribution in [0.5, 0.6) is 5.75 Å². The summed E-state index contributed by atoms with van der Waals surface area (Å²) < 4.78 is 8.49. The predicted octanol–water partition coefficient (Wildman–Crippen LogP) is 4.32. The van der Waals surface area contributed by atoms with E-state index in [1.165, 1.54) is 10.8 Å². The van der Waals surface area contributed by atoms with Gasteiger partial charge in [-0.2, -0.15) is 0 Å². The maximum Gasteiger partial charge on any atom is 0.441 e. The summed E-state index contributed by atoms with van der Waals surface area (Å²) in [5.74, 6) is 0.981. The standard InChI is InChI=1S/C20H20BNO/c1-4-6-11-18(9-5-2)22-15-17-14-13-16-10-7-8-12-19(16)20(17)23-21(22)3/h4,6-15,21H,2H2,1,3H3/b6-4-,18-11+. The number of hydrogen-bond acceptors (Lipinski definition) is 1. The Morgan fingerprint density at radius 2 is 2.09 bits per heavy atom. The van der Waals surface area contributed by atoms with Crippen LogP contribution in [-0.4, -0.2) is 17.8 Å². The first-order valence-corrected chi connectivity index (χ1v) is 7.99. The van der Waals surface area contributed by atoms with E-state index in [1.54, 1.807) is 0 Å². The molecule has 1 aliphatic rings. The van der Waals surface area contributed by atoms with E-state index >= 15 is 0 Å². The van der Waals surface area contributed by atoms with Gasteiger partial charge in [0.05, 0.1) is 11.3 Å². The highest BCUT2D eigenvalue weighted by atomic mass is 16.4. The van der Waals surface area contributed by atoms with Crippen LogP contribution in [0.4, 0.5) is 0 Å².